The molecule has 242 valence electrons. The highest BCUT2D eigenvalue weighted by molar-refractivity contribution is 7.91. The summed E-state index contributed by atoms with van der Waals surface area (Å²) in [6, 6.07) is 10.4. The summed E-state index contributed by atoms with van der Waals surface area (Å²) < 4.78 is 47.3. The van der Waals surface area contributed by atoms with Crippen molar-refractivity contribution in [1.82, 2.24) is 19.8 Å². The zero-order valence-electron chi connectivity index (χ0n) is 24.9. The molecule has 2 saturated carbocycles. The summed E-state index contributed by atoms with van der Waals surface area (Å²) in [6.07, 6.45) is 1.35. The Morgan fingerprint density at radius 3 is 2.52 bits per heavy atom. The van der Waals surface area contributed by atoms with Crippen LogP contribution in [0.4, 0.5) is 14.9 Å². The van der Waals surface area contributed by atoms with E-state index in [4.69, 9.17) is 4.74 Å². The van der Waals surface area contributed by atoms with Gasteiger partial charge in [-0.15, -0.1) is 6.58 Å². The molecular formula is C32H34FN5O7S. The van der Waals surface area contributed by atoms with E-state index in [1.807, 2.05) is 24.3 Å². The van der Waals surface area contributed by atoms with E-state index in [0.717, 1.165) is 11.3 Å². The van der Waals surface area contributed by atoms with Crippen molar-refractivity contribution < 1.29 is 36.7 Å². The topological polar surface area (TPSA) is 154 Å². The Hall–Kier alpha value is -4.46. The van der Waals surface area contributed by atoms with Crippen molar-refractivity contribution in [3.05, 3.63) is 77.6 Å². The summed E-state index contributed by atoms with van der Waals surface area (Å²) in [5.74, 6) is -2.80. The van der Waals surface area contributed by atoms with Gasteiger partial charge in [0.05, 0.1) is 18.3 Å². The van der Waals surface area contributed by atoms with Gasteiger partial charge in [-0.25, -0.2) is 17.6 Å². The number of amides is 4. The summed E-state index contributed by atoms with van der Waals surface area (Å²) in [6.45, 7) is 3.85. The van der Waals surface area contributed by atoms with Gasteiger partial charge in [-0.2, -0.15) is 0 Å². The molecule has 0 bridgehead atoms. The smallest absolute Gasteiger partial charge is 0.410 e. The van der Waals surface area contributed by atoms with E-state index >= 15 is 0 Å². The standard InChI is InChI=1S/C32H34FN5O7S/c1-2-20-14-32(20,30(41)36-46(43,44)22-10-11-22)35-28(39)27-13-21(45-31(42)37-15-19-7-5-8-24(33)23(19)17-37)16-38(27)29(40)26-12-18-6-3-4-9-25(18)34-26/h2-9,20-22,26-27,34H,1,10-17H2,(H,35,39)(H,36,41)/t20-,21-,26+,27+,32-/m1/s1. The monoisotopic (exact) mass is 651 g/mol. The predicted octanol–water partition coefficient (Wildman–Crippen LogP) is 1.95. The molecule has 3 heterocycles. The summed E-state index contributed by atoms with van der Waals surface area (Å²) in [5.41, 5.74) is 1.32. The minimum absolute atomic E-state index is 0.0364. The maximum atomic E-state index is 14.3. The van der Waals surface area contributed by atoms with E-state index < -0.39 is 68.6 Å². The fourth-order valence-corrected chi connectivity index (χ4v) is 8.13. The van der Waals surface area contributed by atoms with Gasteiger partial charge in [0.25, 0.3) is 5.91 Å². The number of nitrogens with zero attached hydrogens (tertiary/aromatic N) is 2. The molecule has 14 heteroatoms. The Morgan fingerprint density at radius 2 is 1.83 bits per heavy atom. The lowest BCUT2D eigenvalue weighted by Crippen LogP contribution is -2.57. The summed E-state index contributed by atoms with van der Waals surface area (Å²) in [7, 11) is -3.87. The number of anilines is 1. The second-order valence-electron chi connectivity index (χ2n) is 12.7. The van der Waals surface area contributed by atoms with Crippen molar-refractivity contribution >= 4 is 39.5 Å². The average Bonchev–Trinajstić information content (AvgIpc) is 3.85. The SMILES string of the molecule is C=C[C@@H]1C[C@]1(NC(=O)[C@@H]1C[C@@H](OC(=O)N2Cc3cccc(F)c3C2)CN1C(=O)[C@@H]1Cc2ccccc2N1)C(=O)NS(=O)(=O)C1CC1. The molecule has 46 heavy (non-hydrogen) atoms. The minimum Gasteiger partial charge on any atom is -0.444 e. The summed E-state index contributed by atoms with van der Waals surface area (Å²) in [5, 5.41) is 5.31. The molecular weight excluding hydrogens is 617 g/mol. The highest BCUT2D eigenvalue weighted by atomic mass is 32.2. The zero-order valence-corrected chi connectivity index (χ0v) is 25.7. The third-order valence-corrected chi connectivity index (χ3v) is 11.4. The van der Waals surface area contributed by atoms with Crippen LogP contribution in [0, 0.1) is 11.7 Å². The lowest BCUT2D eigenvalue weighted by atomic mass is 10.1. The number of rotatable bonds is 8. The van der Waals surface area contributed by atoms with Gasteiger partial charge < -0.3 is 20.3 Å². The zero-order chi connectivity index (χ0) is 32.4. The number of sulfonamides is 1. The predicted molar refractivity (Wildman–Crippen MR) is 163 cm³/mol. The lowest BCUT2D eigenvalue weighted by Gasteiger charge is -2.28. The quantitative estimate of drug-likeness (QED) is 0.366. The fraction of sp³-hybridized carbons (Fsp3) is 0.438. The highest BCUT2D eigenvalue weighted by Crippen LogP contribution is 2.45. The highest BCUT2D eigenvalue weighted by Gasteiger charge is 2.62. The normalized spacial score (nSPS) is 27.7. The maximum absolute atomic E-state index is 14.3. The Morgan fingerprint density at radius 1 is 1.07 bits per heavy atom. The van der Waals surface area contributed by atoms with E-state index in [9.17, 15) is 32.0 Å². The van der Waals surface area contributed by atoms with Crippen molar-refractivity contribution in [2.75, 3.05) is 11.9 Å². The number of carbonyl (C=O) groups is 4. The number of hydrogen-bond acceptors (Lipinski definition) is 8. The number of halogens is 1. The largest absolute Gasteiger partial charge is 0.444 e. The van der Waals surface area contributed by atoms with Gasteiger partial charge in [0.2, 0.25) is 21.8 Å². The molecule has 1 saturated heterocycles. The fourth-order valence-electron chi connectivity index (χ4n) is 6.77. The second kappa shape index (κ2) is 11.1. The van der Waals surface area contributed by atoms with Gasteiger partial charge in [-0.05, 0) is 42.5 Å². The number of fused-ring (bicyclic) bond motifs is 2. The van der Waals surface area contributed by atoms with E-state index in [-0.39, 0.29) is 38.4 Å². The average molecular weight is 652 g/mol. The number of nitrogens with one attached hydrogen (secondary N) is 3. The lowest BCUT2D eigenvalue weighted by molar-refractivity contribution is -0.140. The van der Waals surface area contributed by atoms with Crippen LogP contribution in [0.1, 0.15) is 42.4 Å². The molecule has 0 unspecified atom stereocenters. The number of ether oxygens (including phenoxy) is 1. The Labute approximate surface area is 265 Å². The Bertz CT molecular complexity index is 1740. The van der Waals surface area contributed by atoms with Crippen LogP contribution in [-0.4, -0.2) is 77.6 Å². The first-order valence-corrected chi connectivity index (χ1v) is 16.9. The molecule has 0 aromatic heterocycles. The number of likely N-dealkylation sites (tertiary alicyclic amines) is 1. The molecule has 0 spiro atoms. The van der Waals surface area contributed by atoms with Crippen LogP contribution in [0.25, 0.3) is 0 Å². The van der Waals surface area contributed by atoms with Crippen LogP contribution in [0.3, 0.4) is 0 Å². The Balaban J connectivity index is 1.09. The van der Waals surface area contributed by atoms with Crippen molar-refractivity contribution in [2.45, 2.75) is 74.2 Å². The van der Waals surface area contributed by atoms with Crippen LogP contribution in [-0.2, 0) is 48.7 Å². The van der Waals surface area contributed by atoms with Crippen LogP contribution < -0.4 is 15.4 Å². The van der Waals surface area contributed by atoms with E-state index in [0.29, 0.717) is 30.4 Å². The summed E-state index contributed by atoms with van der Waals surface area (Å²) in [4.78, 5) is 57.0. The molecule has 2 aromatic carbocycles. The minimum atomic E-state index is -3.87. The maximum Gasteiger partial charge on any atom is 0.410 e. The van der Waals surface area contributed by atoms with Gasteiger partial charge in [0.15, 0.2) is 0 Å². The van der Waals surface area contributed by atoms with Crippen LogP contribution in [0.15, 0.2) is 55.1 Å². The summed E-state index contributed by atoms with van der Waals surface area (Å²) >= 11 is 0. The van der Waals surface area contributed by atoms with Crippen molar-refractivity contribution in [1.29, 1.82) is 0 Å². The van der Waals surface area contributed by atoms with Crippen LogP contribution >= 0.6 is 0 Å². The molecule has 0 radical (unpaired) electrons. The molecule has 2 aromatic rings. The van der Waals surface area contributed by atoms with E-state index in [1.165, 1.54) is 21.9 Å². The Kier molecular flexibility index (Phi) is 7.29. The van der Waals surface area contributed by atoms with Gasteiger partial charge in [-0.3, -0.25) is 24.0 Å². The van der Waals surface area contributed by atoms with Gasteiger partial charge in [-0.1, -0.05) is 36.4 Å². The number of hydrogen-bond donors (Lipinski definition) is 3. The third kappa shape index (κ3) is 5.37. The van der Waals surface area contributed by atoms with Crippen LogP contribution in [0.5, 0.6) is 0 Å². The van der Waals surface area contributed by atoms with Crippen molar-refractivity contribution in [3.8, 4) is 0 Å². The van der Waals surface area contributed by atoms with Crippen molar-refractivity contribution in [3.63, 3.8) is 0 Å². The second-order valence-corrected chi connectivity index (χ2v) is 14.7. The molecule has 7 rings (SSSR count). The van der Waals surface area contributed by atoms with Gasteiger partial charge in [0, 0.05) is 36.6 Å². The number of para-hydroxylation sites is 1. The van der Waals surface area contributed by atoms with Crippen molar-refractivity contribution in [2.24, 2.45) is 5.92 Å². The molecule has 5 atom stereocenters. The van der Waals surface area contributed by atoms with E-state index in [1.54, 1.807) is 12.1 Å². The molecule has 12 nitrogen and oxygen atoms in total. The third-order valence-electron chi connectivity index (χ3n) is 9.62. The van der Waals surface area contributed by atoms with E-state index in [2.05, 4.69) is 21.9 Å². The molecule has 3 N–H and O–H groups in total. The molecule has 4 amide bonds. The number of carbonyl (C=O) groups excluding carboxylic acids is 4. The first-order chi connectivity index (χ1) is 22.0. The first kappa shape index (κ1) is 30.2. The van der Waals surface area contributed by atoms with Crippen LogP contribution in [0.2, 0.25) is 0 Å². The molecule has 2 aliphatic carbocycles. The molecule has 3 fully saturated rings. The van der Waals surface area contributed by atoms with Gasteiger partial charge >= 0.3 is 6.09 Å². The van der Waals surface area contributed by atoms with Gasteiger partial charge in [0.1, 0.15) is 29.5 Å². The first-order valence-electron chi connectivity index (χ1n) is 15.4. The molecule has 5 aliphatic rings. The number of benzene rings is 2. The molecule has 3 aliphatic heterocycles.